The van der Waals surface area contributed by atoms with Gasteiger partial charge in [-0.05, 0) is 31.7 Å². The van der Waals surface area contributed by atoms with Crippen LogP contribution in [0.2, 0.25) is 0 Å². The van der Waals surface area contributed by atoms with E-state index in [9.17, 15) is 13.2 Å². The molecule has 3 rings (SSSR count). The molecule has 1 aromatic rings. The first kappa shape index (κ1) is 16.9. The van der Waals surface area contributed by atoms with Gasteiger partial charge in [0.15, 0.2) is 0 Å². The number of sulfonamides is 1. The van der Waals surface area contributed by atoms with Gasteiger partial charge in [0.25, 0.3) is 5.91 Å². The molecule has 0 aromatic carbocycles. The number of carbonyl (C=O) groups excluding carboxylic acids is 1. The van der Waals surface area contributed by atoms with E-state index in [2.05, 4.69) is 5.32 Å². The van der Waals surface area contributed by atoms with E-state index >= 15 is 0 Å². The summed E-state index contributed by atoms with van der Waals surface area (Å²) < 4.78 is 26.5. The van der Waals surface area contributed by atoms with Crippen LogP contribution < -0.4 is 5.32 Å². The highest BCUT2D eigenvalue weighted by atomic mass is 32.2. The van der Waals surface area contributed by atoms with Gasteiger partial charge in [-0.25, -0.2) is 8.42 Å². The number of thiophene rings is 1. The Morgan fingerprint density at radius 1 is 1.09 bits per heavy atom. The number of hydrogen-bond acceptors (Lipinski definition) is 4. The zero-order chi connectivity index (χ0) is 16.3. The molecule has 1 N–H and O–H groups in total. The van der Waals surface area contributed by atoms with Crippen LogP contribution in [-0.2, 0) is 10.0 Å². The van der Waals surface area contributed by atoms with Crippen molar-refractivity contribution in [2.45, 2.75) is 62.3 Å². The Kier molecular flexibility index (Phi) is 5.38. The molecular weight excluding hydrogens is 332 g/mol. The fraction of sp³-hybridized carbons (Fsp3) is 0.688. The number of nitrogens with zero attached hydrogens (tertiary/aromatic N) is 1. The average molecular weight is 357 g/mol. The van der Waals surface area contributed by atoms with E-state index in [4.69, 9.17) is 0 Å². The van der Waals surface area contributed by atoms with Crippen LogP contribution in [-0.4, -0.2) is 37.8 Å². The third-order valence-corrected chi connectivity index (χ3v) is 7.65. The molecule has 1 amide bonds. The Morgan fingerprint density at radius 2 is 1.74 bits per heavy atom. The second-order valence-electron chi connectivity index (χ2n) is 6.42. The summed E-state index contributed by atoms with van der Waals surface area (Å²) in [5, 5.41) is 4.67. The Hall–Kier alpha value is -0.920. The van der Waals surface area contributed by atoms with E-state index in [1.54, 1.807) is 5.38 Å². The van der Waals surface area contributed by atoms with Gasteiger partial charge in [-0.15, -0.1) is 11.3 Å². The molecule has 0 spiro atoms. The molecule has 2 heterocycles. The maximum Gasteiger partial charge on any atom is 0.261 e. The topological polar surface area (TPSA) is 66.5 Å². The van der Waals surface area contributed by atoms with Crippen molar-refractivity contribution in [3.63, 3.8) is 0 Å². The molecule has 0 bridgehead atoms. The molecule has 2 fully saturated rings. The summed E-state index contributed by atoms with van der Waals surface area (Å²) in [7, 11) is -3.43. The van der Waals surface area contributed by atoms with Gasteiger partial charge in [0.1, 0.15) is 0 Å². The lowest BCUT2D eigenvalue weighted by Crippen LogP contribution is -2.34. The monoisotopic (exact) mass is 356 g/mol. The molecule has 1 aliphatic heterocycles. The Bertz CT molecular complexity index is 640. The maximum atomic E-state index is 12.5. The third kappa shape index (κ3) is 3.95. The van der Waals surface area contributed by atoms with Gasteiger partial charge in [0, 0.05) is 24.5 Å². The summed E-state index contributed by atoms with van der Waals surface area (Å²) >= 11 is 1.22. The first-order chi connectivity index (χ1) is 11.1. The van der Waals surface area contributed by atoms with Crippen molar-refractivity contribution >= 4 is 27.3 Å². The lowest BCUT2D eigenvalue weighted by Gasteiger charge is -2.15. The number of amides is 1. The molecule has 0 unspecified atom stereocenters. The van der Waals surface area contributed by atoms with Crippen molar-refractivity contribution < 1.29 is 13.2 Å². The summed E-state index contributed by atoms with van der Waals surface area (Å²) in [4.78, 5) is 13.1. The van der Waals surface area contributed by atoms with Crippen LogP contribution in [0.15, 0.2) is 16.3 Å². The summed E-state index contributed by atoms with van der Waals surface area (Å²) in [6, 6.07) is 1.76. The quantitative estimate of drug-likeness (QED) is 0.844. The second kappa shape index (κ2) is 7.32. The highest BCUT2D eigenvalue weighted by Gasteiger charge is 2.29. The van der Waals surface area contributed by atoms with Crippen molar-refractivity contribution in [3.8, 4) is 0 Å². The third-order valence-electron chi connectivity index (χ3n) is 4.69. The summed E-state index contributed by atoms with van der Waals surface area (Å²) in [5.41, 5.74) is 0. The van der Waals surface area contributed by atoms with E-state index in [1.807, 2.05) is 0 Å². The van der Waals surface area contributed by atoms with Gasteiger partial charge in [0.2, 0.25) is 10.0 Å². The number of hydrogen-bond donors (Lipinski definition) is 1. The minimum atomic E-state index is -3.43. The molecule has 5 nitrogen and oxygen atoms in total. The molecule has 0 radical (unpaired) electrons. The molecule has 1 aliphatic carbocycles. The summed E-state index contributed by atoms with van der Waals surface area (Å²) in [6.45, 7) is 1.17. The molecule has 1 saturated carbocycles. The number of nitrogens with one attached hydrogen (secondary N) is 1. The van der Waals surface area contributed by atoms with Gasteiger partial charge in [0.05, 0.1) is 9.77 Å². The smallest absolute Gasteiger partial charge is 0.261 e. The van der Waals surface area contributed by atoms with Crippen molar-refractivity contribution in [1.29, 1.82) is 0 Å². The standard InChI is InChI=1S/C16H24N2O3S2/c19-16(17-13-7-3-1-2-4-8-13)15-11-14(12-22-15)23(20,21)18-9-5-6-10-18/h11-13H,1-10H2,(H,17,19). The van der Waals surface area contributed by atoms with Gasteiger partial charge in [-0.3, -0.25) is 4.79 Å². The number of carbonyl (C=O) groups is 1. The second-order valence-corrected chi connectivity index (χ2v) is 9.27. The predicted molar refractivity (Wildman–Crippen MR) is 91.3 cm³/mol. The van der Waals surface area contributed by atoms with Crippen molar-refractivity contribution in [1.82, 2.24) is 9.62 Å². The summed E-state index contributed by atoms with van der Waals surface area (Å²) in [5.74, 6) is -0.134. The van der Waals surface area contributed by atoms with Gasteiger partial charge in [-0.2, -0.15) is 4.31 Å². The van der Waals surface area contributed by atoms with E-state index < -0.39 is 10.0 Å². The largest absolute Gasteiger partial charge is 0.349 e. The normalized spacial score (nSPS) is 21.2. The maximum absolute atomic E-state index is 12.5. The van der Waals surface area contributed by atoms with Crippen molar-refractivity contribution in [3.05, 3.63) is 16.3 Å². The molecule has 0 atom stereocenters. The van der Waals surface area contributed by atoms with Crippen molar-refractivity contribution in [2.24, 2.45) is 0 Å². The Labute approximate surface area is 142 Å². The fourth-order valence-corrected chi connectivity index (χ4v) is 6.01. The average Bonchev–Trinajstić information content (AvgIpc) is 3.17. The molecule has 1 aromatic heterocycles. The van der Waals surface area contributed by atoms with Crippen LogP contribution in [0.25, 0.3) is 0 Å². The molecule has 23 heavy (non-hydrogen) atoms. The highest BCUT2D eigenvalue weighted by molar-refractivity contribution is 7.89. The molecular formula is C16H24N2O3S2. The van der Waals surface area contributed by atoms with Crippen LogP contribution in [0.5, 0.6) is 0 Å². The lowest BCUT2D eigenvalue weighted by atomic mass is 10.1. The van der Waals surface area contributed by atoms with E-state index in [0.717, 1.165) is 38.5 Å². The van der Waals surface area contributed by atoms with Gasteiger partial charge in [-0.1, -0.05) is 25.7 Å². The van der Waals surface area contributed by atoms with Crippen LogP contribution in [0, 0.1) is 0 Å². The molecule has 7 heteroatoms. The highest BCUT2D eigenvalue weighted by Crippen LogP contribution is 2.26. The molecule has 128 valence electrons. The molecule has 2 aliphatic rings. The lowest BCUT2D eigenvalue weighted by molar-refractivity contribution is 0.0937. The van der Waals surface area contributed by atoms with Crippen LogP contribution >= 0.6 is 11.3 Å². The van der Waals surface area contributed by atoms with Crippen LogP contribution in [0.3, 0.4) is 0 Å². The van der Waals surface area contributed by atoms with Crippen molar-refractivity contribution in [2.75, 3.05) is 13.1 Å². The first-order valence-corrected chi connectivity index (χ1v) is 10.8. The SMILES string of the molecule is O=C(NC1CCCCCC1)c1cc(S(=O)(=O)N2CCCC2)cs1. The van der Waals surface area contributed by atoms with E-state index in [-0.39, 0.29) is 16.8 Å². The number of rotatable bonds is 4. The Morgan fingerprint density at radius 3 is 2.39 bits per heavy atom. The zero-order valence-corrected chi connectivity index (χ0v) is 14.9. The minimum Gasteiger partial charge on any atom is -0.349 e. The van der Waals surface area contributed by atoms with E-state index in [0.29, 0.717) is 18.0 Å². The van der Waals surface area contributed by atoms with Crippen LogP contribution in [0.1, 0.15) is 61.0 Å². The molecule has 1 saturated heterocycles. The fourth-order valence-electron chi connectivity index (χ4n) is 3.33. The minimum absolute atomic E-state index is 0.134. The van der Waals surface area contributed by atoms with E-state index in [1.165, 1.54) is 34.6 Å². The zero-order valence-electron chi connectivity index (χ0n) is 13.3. The Balaban J connectivity index is 1.67. The van der Waals surface area contributed by atoms with Gasteiger partial charge >= 0.3 is 0 Å². The predicted octanol–water partition coefficient (Wildman–Crippen LogP) is 2.99. The first-order valence-electron chi connectivity index (χ1n) is 8.47. The van der Waals surface area contributed by atoms with Gasteiger partial charge < -0.3 is 5.32 Å². The summed E-state index contributed by atoms with van der Waals surface area (Å²) in [6.07, 6.45) is 8.67. The van der Waals surface area contributed by atoms with Crippen LogP contribution in [0.4, 0.5) is 0 Å².